The predicted octanol–water partition coefficient (Wildman–Crippen LogP) is 4.22. The van der Waals surface area contributed by atoms with Crippen molar-refractivity contribution in [3.63, 3.8) is 0 Å². The number of nitrogens with one attached hydrogen (secondary N) is 1. The van der Waals surface area contributed by atoms with Gasteiger partial charge in [0.2, 0.25) is 11.8 Å². The monoisotopic (exact) mass is 475 g/mol. The van der Waals surface area contributed by atoms with Crippen molar-refractivity contribution in [2.45, 2.75) is 12.6 Å². The van der Waals surface area contributed by atoms with Crippen LogP contribution < -0.4 is 14.8 Å². The van der Waals surface area contributed by atoms with Gasteiger partial charge < -0.3 is 19.7 Å². The van der Waals surface area contributed by atoms with Gasteiger partial charge in [0.25, 0.3) is 0 Å². The average Bonchev–Trinajstić information content (AvgIpc) is 3.38. The molecule has 1 atom stereocenters. The Balaban J connectivity index is 1.31. The molecular formula is C26H25N3O4S. The molecule has 0 bridgehead atoms. The number of nitrogens with zero attached hydrogens (tertiary/aromatic N) is 2. The summed E-state index contributed by atoms with van der Waals surface area (Å²) in [5, 5.41) is 2.88. The van der Waals surface area contributed by atoms with Crippen LogP contribution in [-0.4, -0.2) is 46.5 Å². The highest BCUT2D eigenvalue weighted by Gasteiger charge is 2.33. The maximum absolute atomic E-state index is 12.8. The van der Waals surface area contributed by atoms with E-state index in [1.165, 1.54) is 6.08 Å². The number of pyridine rings is 1. The first-order valence-electron chi connectivity index (χ1n) is 10.8. The lowest BCUT2D eigenvalue weighted by molar-refractivity contribution is -0.132. The van der Waals surface area contributed by atoms with Crippen molar-refractivity contribution in [3.8, 4) is 11.5 Å². The fourth-order valence-electron chi connectivity index (χ4n) is 3.36. The zero-order valence-electron chi connectivity index (χ0n) is 18.7. The van der Waals surface area contributed by atoms with Gasteiger partial charge in [0.05, 0.1) is 18.7 Å². The van der Waals surface area contributed by atoms with E-state index in [1.54, 1.807) is 60.3 Å². The Morgan fingerprint density at radius 1 is 1.09 bits per heavy atom. The predicted molar refractivity (Wildman–Crippen MR) is 134 cm³/mol. The summed E-state index contributed by atoms with van der Waals surface area (Å²) in [4.78, 5) is 31.4. The zero-order valence-corrected chi connectivity index (χ0v) is 19.5. The smallest absolute Gasteiger partial charge is 0.248 e. The van der Waals surface area contributed by atoms with Gasteiger partial charge in [-0.15, -0.1) is 11.8 Å². The molecule has 4 rings (SSSR count). The van der Waals surface area contributed by atoms with Crippen LogP contribution in [0.2, 0.25) is 0 Å². The number of thioether (sulfide) groups is 1. The molecule has 1 unspecified atom stereocenters. The topological polar surface area (TPSA) is 80.8 Å². The molecule has 8 heteroatoms. The summed E-state index contributed by atoms with van der Waals surface area (Å²) in [6.07, 6.45) is 4.98. The molecule has 1 N–H and O–H groups in total. The second kappa shape index (κ2) is 11.4. The van der Waals surface area contributed by atoms with Crippen molar-refractivity contribution in [1.29, 1.82) is 0 Å². The van der Waals surface area contributed by atoms with Gasteiger partial charge in [0.1, 0.15) is 24.1 Å². The third-order valence-corrected chi connectivity index (χ3v) is 6.25. The second-order valence-corrected chi connectivity index (χ2v) is 8.55. The standard InChI is InChI=1S/C26H25N3O4S/c1-32-22-12-8-20(9-13-22)28-26(31)24-17-34-18-29(24)25(30)14-7-19-5-10-23(11-6-19)33-16-21-4-2-3-15-27-21/h2-15,24H,16-18H2,1H3,(H,28,31)/b14-7+. The van der Waals surface area contributed by atoms with Crippen molar-refractivity contribution in [2.24, 2.45) is 0 Å². The number of anilines is 1. The van der Waals surface area contributed by atoms with Gasteiger partial charge in [-0.25, -0.2) is 0 Å². The molecule has 1 saturated heterocycles. The van der Waals surface area contributed by atoms with Crippen LogP contribution in [0.5, 0.6) is 11.5 Å². The van der Waals surface area contributed by atoms with Gasteiger partial charge in [-0.2, -0.15) is 0 Å². The van der Waals surface area contributed by atoms with Gasteiger partial charge in [0, 0.05) is 23.7 Å². The lowest BCUT2D eigenvalue weighted by atomic mass is 10.2. The summed E-state index contributed by atoms with van der Waals surface area (Å²) in [6, 6.07) is 19.7. The Kier molecular flexibility index (Phi) is 7.83. The van der Waals surface area contributed by atoms with Crippen LogP contribution in [0.1, 0.15) is 11.3 Å². The minimum atomic E-state index is -0.522. The number of carbonyl (C=O) groups is 2. The SMILES string of the molecule is COc1ccc(NC(=O)C2CSCN2C(=O)/C=C/c2ccc(OCc3ccccn3)cc2)cc1. The Morgan fingerprint density at radius 2 is 1.85 bits per heavy atom. The van der Waals surface area contributed by atoms with Crippen molar-refractivity contribution >= 4 is 35.3 Å². The number of amides is 2. The molecular weight excluding hydrogens is 450 g/mol. The summed E-state index contributed by atoms with van der Waals surface area (Å²) in [6.45, 7) is 0.390. The Bertz CT molecular complexity index is 1130. The molecule has 7 nitrogen and oxygen atoms in total. The van der Waals surface area contributed by atoms with Crippen molar-refractivity contribution in [1.82, 2.24) is 9.88 Å². The van der Waals surface area contributed by atoms with Gasteiger partial charge in [0.15, 0.2) is 0 Å². The molecule has 0 saturated carbocycles. The molecule has 1 fully saturated rings. The van der Waals surface area contributed by atoms with Crippen LogP contribution in [0.4, 0.5) is 5.69 Å². The number of aromatic nitrogens is 1. The summed E-state index contributed by atoms with van der Waals surface area (Å²) >= 11 is 1.56. The van der Waals surface area contributed by atoms with Gasteiger partial charge in [-0.1, -0.05) is 18.2 Å². The van der Waals surface area contributed by atoms with Crippen molar-refractivity contribution < 1.29 is 19.1 Å². The summed E-state index contributed by atoms with van der Waals surface area (Å²) in [5.41, 5.74) is 2.38. The summed E-state index contributed by atoms with van der Waals surface area (Å²) in [5.74, 6) is 2.07. The molecule has 1 aromatic heterocycles. The van der Waals surface area contributed by atoms with Crippen molar-refractivity contribution in [2.75, 3.05) is 24.1 Å². The lowest BCUT2D eigenvalue weighted by Gasteiger charge is -2.21. The van der Waals surface area contributed by atoms with Crippen molar-refractivity contribution in [3.05, 3.63) is 90.3 Å². The molecule has 2 heterocycles. The number of methoxy groups -OCH3 is 1. The fraction of sp³-hybridized carbons (Fsp3) is 0.192. The molecule has 0 spiro atoms. The van der Waals surface area contributed by atoms with E-state index >= 15 is 0 Å². The van der Waals surface area contributed by atoms with E-state index < -0.39 is 6.04 Å². The largest absolute Gasteiger partial charge is 0.497 e. The highest BCUT2D eigenvalue weighted by Crippen LogP contribution is 2.24. The highest BCUT2D eigenvalue weighted by atomic mass is 32.2. The zero-order chi connectivity index (χ0) is 23.8. The third kappa shape index (κ3) is 6.17. The quantitative estimate of drug-likeness (QED) is 0.492. The average molecular weight is 476 g/mol. The van der Waals surface area contributed by atoms with E-state index in [0.29, 0.717) is 29.7 Å². The summed E-state index contributed by atoms with van der Waals surface area (Å²) < 4.78 is 10.9. The lowest BCUT2D eigenvalue weighted by Crippen LogP contribution is -2.43. The minimum Gasteiger partial charge on any atom is -0.497 e. The number of hydrogen-bond donors (Lipinski definition) is 1. The van der Waals surface area contributed by atoms with Crippen LogP contribution in [0, 0.1) is 0 Å². The van der Waals surface area contributed by atoms with E-state index in [-0.39, 0.29) is 11.8 Å². The van der Waals surface area contributed by atoms with Crippen LogP contribution in [0.15, 0.2) is 79.0 Å². The fourth-order valence-corrected chi connectivity index (χ4v) is 4.52. The first-order valence-corrected chi connectivity index (χ1v) is 11.9. The van der Waals surface area contributed by atoms with Gasteiger partial charge in [-0.05, 0) is 60.2 Å². The van der Waals surface area contributed by atoms with Crippen LogP contribution in [0.25, 0.3) is 6.08 Å². The third-order valence-electron chi connectivity index (χ3n) is 5.24. The van der Waals surface area contributed by atoms with E-state index in [1.807, 2.05) is 42.5 Å². The molecule has 0 aliphatic carbocycles. The number of rotatable bonds is 8. The summed E-state index contributed by atoms with van der Waals surface area (Å²) in [7, 11) is 1.59. The maximum atomic E-state index is 12.8. The number of benzene rings is 2. The number of hydrogen-bond acceptors (Lipinski definition) is 6. The molecule has 1 aliphatic rings. The van der Waals surface area contributed by atoms with Crippen LogP contribution in [0.3, 0.4) is 0 Å². The van der Waals surface area contributed by atoms with E-state index in [2.05, 4.69) is 10.3 Å². The Labute approximate surface area is 202 Å². The van der Waals surface area contributed by atoms with E-state index in [4.69, 9.17) is 9.47 Å². The van der Waals surface area contributed by atoms with Crippen LogP contribution in [-0.2, 0) is 16.2 Å². The normalized spacial score (nSPS) is 15.3. The molecule has 174 valence electrons. The number of ether oxygens (including phenoxy) is 2. The Hall–Kier alpha value is -3.78. The first-order chi connectivity index (χ1) is 16.6. The minimum absolute atomic E-state index is 0.199. The second-order valence-electron chi connectivity index (χ2n) is 7.55. The first kappa shape index (κ1) is 23.4. The molecule has 2 aromatic carbocycles. The molecule has 1 aliphatic heterocycles. The van der Waals surface area contributed by atoms with Gasteiger partial charge in [-0.3, -0.25) is 14.6 Å². The molecule has 3 aromatic rings. The van der Waals surface area contributed by atoms with E-state index in [0.717, 1.165) is 17.0 Å². The van der Waals surface area contributed by atoms with E-state index in [9.17, 15) is 9.59 Å². The maximum Gasteiger partial charge on any atom is 0.248 e. The highest BCUT2D eigenvalue weighted by molar-refractivity contribution is 7.99. The Morgan fingerprint density at radius 3 is 2.56 bits per heavy atom. The number of carbonyl (C=O) groups excluding carboxylic acids is 2. The van der Waals surface area contributed by atoms with Crippen LogP contribution >= 0.6 is 11.8 Å². The molecule has 2 amide bonds. The van der Waals surface area contributed by atoms with Gasteiger partial charge >= 0.3 is 0 Å². The molecule has 34 heavy (non-hydrogen) atoms. The molecule has 0 radical (unpaired) electrons.